The van der Waals surface area contributed by atoms with Crippen LogP contribution in [0.15, 0.2) is 72.8 Å². The molecule has 4 rings (SSSR count). The van der Waals surface area contributed by atoms with Crippen LogP contribution in [0.4, 0.5) is 0 Å². The molecule has 2 fully saturated rings. The largest absolute Gasteiger partial charge is 0.507 e. The van der Waals surface area contributed by atoms with Gasteiger partial charge in [-0.05, 0) is 30.5 Å². The predicted octanol–water partition coefficient (Wildman–Crippen LogP) is 3.85. The van der Waals surface area contributed by atoms with Gasteiger partial charge in [-0.1, -0.05) is 55.1 Å². The number of rotatable bonds is 7. The minimum Gasteiger partial charge on any atom is -0.507 e. The first-order chi connectivity index (χ1) is 15.1. The first-order valence-corrected chi connectivity index (χ1v) is 10.4. The highest BCUT2D eigenvalue weighted by Gasteiger charge is 2.47. The van der Waals surface area contributed by atoms with E-state index in [1.54, 1.807) is 42.5 Å². The smallest absolute Gasteiger partial charge is 0.295 e. The maximum absolute atomic E-state index is 13.0. The molecular weight excluding hydrogens is 394 g/mol. The average molecular weight is 419 g/mol. The van der Waals surface area contributed by atoms with E-state index in [1.807, 2.05) is 18.2 Å². The Hall–Kier alpha value is -3.38. The SMILES string of the molecule is C=CCOc1ccc(C2/C(=C(\O)c3ccccc3)C(=O)C(=O)N2CC2CCCO2)cc1. The molecule has 2 unspecified atom stereocenters. The van der Waals surface area contributed by atoms with Gasteiger partial charge in [-0.3, -0.25) is 9.59 Å². The molecule has 6 nitrogen and oxygen atoms in total. The third kappa shape index (κ3) is 4.25. The second-order valence-electron chi connectivity index (χ2n) is 7.62. The Balaban J connectivity index is 1.76. The van der Waals surface area contributed by atoms with Gasteiger partial charge in [0, 0.05) is 18.7 Å². The van der Waals surface area contributed by atoms with E-state index in [0.717, 1.165) is 18.4 Å². The van der Waals surface area contributed by atoms with Gasteiger partial charge >= 0.3 is 0 Å². The number of hydrogen-bond donors (Lipinski definition) is 1. The van der Waals surface area contributed by atoms with Crippen LogP contribution in [0.5, 0.6) is 5.75 Å². The van der Waals surface area contributed by atoms with Gasteiger partial charge in [-0.25, -0.2) is 0 Å². The number of carbonyl (C=O) groups is 2. The van der Waals surface area contributed by atoms with Gasteiger partial charge in [0.1, 0.15) is 18.1 Å². The standard InChI is InChI=1S/C25H25NO5/c1-2-14-30-19-12-10-17(11-13-19)22-21(23(27)18-7-4-3-5-8-18)24(28)25(29)26(22)16-20-9-6-15-31-20/h2-5,7-8,10-13,20,22,27H,1,6,9,14-16H2/b23-21+. The summed E-state index contributed by atoms with van der Waals surface area (Å²) in [5, 5.41) is 11.0. The fraction of sp³-hybridized carbons (Fsp3) is 0.280. The summed E-state index contributed by atoms with van der Waals surface area (Å²) in [7, 11) is 0. The summed E-state index contributed by atoms with van der Waals surface area (Å²) in [4.78, 5) is 27.5. The van der Waals surface area contributed by atoms with E-state index in [2.05, 4.69) is 6.58 Å². The highest BCUT2D eigenvalue weighted by Crippen LogP contribution is 2.40. The van der Waals surface area contributed by atoms with Crippen molar-refractivity contribution in [2.45, 2.75) is 25.0 Å². The minimum absolute atomic E-state index is 0.0916. The maximum Gasteiger partial charge on any atom is 0.295 e. The third-order valence-electron chi connectivity index (χ3n) is 5.58. The molecule has 1 amide bonds. The van der Waals surface area contributed by atoms with E-state index < -0.39 is 17.7 Å². The molecule has 0 radical (unpaired) electrons. The van der Waals surface area contributed by atoms with Gasteiger partial charge in [0.2, 0.25) is 0 Å². The van der Waals surface area contributed by atoms with Crippen molar-refractivity contribution in [3.8, 4) is 5.75 Å². The third-order valence-corrected chi connectivity index (χ3v) is 5.58. The molecule has 2 saturated heterocycles. The van der Waals surface area contributed by atoms with Crippen LogP contribution < -0.4 is 4.74 Å². The molecule has 6 heteroatoms. The Morgan fingerprint density at radius 1 is 1.16 bits per heavy atom. The number of carbonyl (C=O) groups excluding carboxylic acids is 2. The van der Waals surface area contributed by atoms with Crippen LogP contribution in [-0.2, 0) is 14.3 Å². The van der Waals surface area contributed by atoms with Crippen LogP contribution in [-0.4, -0.2) is 47.6 Å². The number of aliphatic hydroxyl groups is 1. The van der Waals surface area contributed by atoms with Gasteiger partial charge in [0.25, 0.3) is 11.7 Å². The molecule has 0 spiro atoms. The van der Waals surface area contributed by atoms with Crippen LogP contribution in [0.2, 0.25) is 0 Å². The number of Topliss-reactive ketones (excluding diaryl/α,β-unsaturated/α-hetero) is 1. The summed E-state index contributed by atoms with van der Waals surface area (Å²) in [5.74, 6) is -0.824. The Morgan fingerprint density at radius 3 is 2.55 bits per heavy atom. The number of aliphatic hydroxyl groups excluding tert-OH is 1. The Morgan fingerprint density at radius 2 is 1.90 bits per heavy atom. The predicted molar refractivity (Wildman–Crippen MR) is 117 cm³/mol. The van der Waals surface area contributed by atoms with E-state index in [9.17, 15) is 14.7 Å². The van der Waals surface area contributed by atoms with Gasteiger partial charge in [0.15, 0.2) is 0 Å². The molecule has 0 saturated carbocycles. The molecule has 0 bridgehead atoms. The van der Waals surface area contributed by atoms with Crippen molar-refractivity contribution >= 4 is 17.4 Å². The minimum atomic E-state index is -0.696. The monoisotopic (exact) mass is 419 g/mol. The summed E-state index contributed by atoms with van der Waals surface area (Å²) >= 11 is 0. The molecule has 2 heterocycles. The van der Waals surface area contributed by atoms with E-state index >= 15 is 0 Å². The highest BCUT2D eigenvalue weighted by molar-refractivity contribution is 6.46. The second-order valence-corrected chi connectivity index (χ2v) is 7.62. The molecule has 0 aromatic heterocycles. The Kier molecular flexibility index (Phi) is 6.18. The van der Waals surface area contributed by atoms with Crippen molar-refractivity contribution in [3.05, 3.63) is 84.0 Å². The summed E-state index contributed by atoms with van der Waals surface area (Å²) in [6.45, 7) is 4.97. The van der Waals surface area contributed by atoms with Crippen LogP contribution >= 0.6 is 0 Å². The molecule has 2 aliphatic rings. The molecule has 2 aromatic rings. The molecule has 2 aromatic carbocycles. The summed E-state index contributed by atoms with van der Waals surface area (Å²) in [6, 6.07) is 15.3. The van der Waals surface area contributed by atoms with Crippen molar-refractivity contribution in [2.75, 3.05) is 19.8 Å². The number of ether oxygens (including phenoxy) is 2. The normalized spacial score (nSPS) is 22.6. The van der Waals surface area contributed by atoms with Crippen LogP contribution in [0.3, 0.4) is 0 Å². The summed E-state index contributed by atoms with van der Waals surface area (Å²) < 4.78 is 11.3. The first kappa shape index (κ1) is 20.9. The number of benzene rings is 2. The van der Waals surface area contributed by atoms with Crippen LogP contribution in [0.25, 0.3) is 5.76 Å². The van der Waals surface area contributed by atoms with Gasteiger partial charge in [-0.15, -0.1) is 0 Å². The summed E-state index contributed by atoms with van der Waals surface area (Å²) in [5.41, 5.74) is 1.31. The van der Waals surface area contributed by atoms with Crippen molar-refractivity contribution in [1.82, 2.24) is 4.90 Å². The van der Waals surface area contributed by atoms with Gasteiger partial charge < -0.3 is 19.5 Å². The molecule has 31 heavy (non-hydrogen) atoms. The highest BCUT2D eigenvalue weighted by atomic mass is 16.5. The Bertz CT molecular complexity index is 990. The maximum atomic E-state index is 13.0. The zero-order valence-electron chi connectivity index (χ0n) is 17.2. The quantitative estimate of drug-likeness (QED) is 0.319. The van der Waals surface area contributed by atoms with Crippen molar-refractivity contribution < 1.29 is 24.2 Å². The van der Waals surface area contributed by atoms with Gasteiger partial charge in [0.05, 0.1) is 17.7 Å². The van der Waals surface area contributed by atoms with Crippen molar-refractivity contribution in [1.29, 1.82) is 0 Å². The molecule has 0 aliphatic carbocycles. The zero-order valence-corrected chi connectivity index (χ0v) is 17.2. The lowest BCUT2D eigenvalue weighted by molar-refractivity contribution is -0.140. The number of nitrogens with zero attached hydrogens (tertiary/aromatic N) is 1. The van der Waals surface area contributed by atoms with E-state index in [0.29, 0.717) is 31.1 Å². The number of ketones is 1. The van der Waals surface area contributed by atoms with E-state index in [-0.39, 0.29) is 17.4 Å². The van der Waals surface area contributed by atoms with E-state index in [1.165, 1.54) is 4.90 Å². The Labute approximate surface area is 181 Å². The second kappa shape index (κ2) is 9.18. The molecule has 2 aliphatic heterocycles. The van der Waals surface area contributed by atoms with Crippen molar-refractivity contribution in [3.63, 3.8) is 0 Å². The van der Waals surface area contributed by atoms with Gasteiger partial charge in [-0.2, -0.15) is 0 Å². The van der Waals surface area contributed by atoms with E-state index in [4.69, 9.17) is 9.47 Å². The average Bonchev–Trinajstić information content (AvgIpc) is 3.41. The van der Waals surface area contributed by atoms with Crippen LogP contribution in [0, 0.1) is 0 Å². The topological polar surface area (TPSA) is 76.1 Å². The molecule has 1 N–H and O–H groups in total. The number of amides is 1. The molecule has 2 atom stereocenters. The fourth-order valence-corrected chi connectivity index (χ4v) is 4.08. The lowest BCUT2D eigenvalue weighted by Crippen LogP contribution is -2.36. The lowest BCUT2D eigenvalue weighted by Gasteiger charge is -2.27. The van der Waals surface area contributed by atoms with Crippen molar-refractivity contribution in [2.24, 2.45) is 0 Å². The lowest BCUT2D eigenvalue weighted by atomic mass is 9.95. The first-order valence-electron chi connectivity index (χ1n) is 10.4. The summed E-state index contributed by atoms with van der Waals surface area (Å²) in [6.07, 6.45) is 3.30. The zero-order chi connectivity index (χ0) is 21.8. The number of hydrogen-bond acceptors (Lipinski definition) is 5. The number of likely N-dealkylation sites (tertiary alicyclic amines) is 1. The molecular formula is C25H25NO5. The van der Waals surface area contributed by atoms with Crippen LogP contribution in [0.1, 0.15) is 30.0 Å². The molecule has 160 valence electrons. The fourth-order valence-electron chi connectivity index (χ4n) is 4.08.